The Hall–Kier alpha value is -2.04. The van der Waals surface area contributed by atoms with Crippen molar-refractivity contribution in [1.82, 2.24) is 4.98 Å². The maximum Gasteiger partial charge on any atom is 0.417 e. The fourth-order valence-electron chi connectivity index (χ4n) is 2.73. The van der Waals surface area contributed by atoms with Crippen LogP contribution in [0.1, 0.15) is 35.6 Å². The zero-order valence-corrected chi connectivity index (χ0v) is 11.3. The number of alkyl halides is 3. The second kappa shape index (κ2) is 5.39. The normalized spacial score (nSPS) is 18.1. The smallest absolute Gasteiger partial charge is 0.363 e. The third kappa shape index (κ3) is 3.01. The van der Waals surface area contributed by atoms with Crippen molar-refractivity contribution in [2.45, 2.75) is 31.5 Å². The van der Waals surface area contributed by atoms with Crippen LogP contribution in [0.15, 0.2) is 42.6 Å². The van der Waals surface area contributed by atoms with Crippen molar-refractivity contribution in [3.63, 3.8) is 0 Å². The molecule has 1 heterocycles. The van der Waals surface area contributed by atoms with Crippen molar-refractivity contribution in [3.8, 4) is 0 Å². The number of benzene rings is 1. The fraction of sp³-hybridized carbons (Fsp3) is 0.312. The van der Waals surface area contributed by atoms with E-state index in [0.29, 0.717) is 5.82 Å². The zero-order chi connectivity index (χ0) is 14.9. The van der Waals surface area contributed by atoms with Crippen LogP contribution in [0.2, 0.25) is 0 Å². The summed E-state index contributed by atoms with van der Waals surface area (Å²) in [6.07, 6.45) is -0.399. The summed E-state index contributed by atoms with van der Waals surface area (Å²) in [7, 11) is 0. The molecule has 1 aliphatic rings. The first-order chi connectivity index (χ1) is 10.0. The first-order valence-electron chi connectivity index (χ1n) is 6.91. The van der Waals surface area contributed by atoms with Gasteiger partial charge in [-0.05, 0) is 42.5 Å². The molecule has 110 valence electrons. The third-order valence-electron chi connectivity index (χ3n) is 3.78. The molecule has 5 heteroatoms. The molecule has 2 nitrogen and oxygen atoms in total. The summed E-state index contributed by atoms with van der Waals surface area (Å²) in [4.78, 5) is 3.88. The molecule has 0 spiro atoms. The summed E-state index contributed by atoms with van der Waals surface area (Å²) in [6.45, 7) is 0. The second-order valence-electron chi connectivity index (χ2n) is 5.22. The Bertz CT molecular complexity index is 620. The number of pyridine rings is 1. The lowest BCUT2D eigenvalue weighted by molar-refractivity contribution is -0.137. The van der Waals surface area contributed by atoms with E-state index < -0.39 is 11.7 Å². The van der Waals surface area contributed by atoms with Crippen LogP contribution in [-0.4, -0.2) is 4.98 Å². The number of hydrogen-bond donors (Lipinski definition) is 1. The van der Waals surface area contributed by atoms with Crippen LogP contribution in [0.4, 0.5) is 19.0 Å². The van der Waals surface area contributed by atoms with Crippen molar-refractivity contribution >= 4 is 5.82 Å². The summed E-state index contributed by atoms with van der Waals surface area (Å²) < 4.78 is 37.5. The predicted octanol–water partition coefficient (Wildman–Crippen LogP) is 4.59. The van der Waals surface area contributed by atoms with Crippen LogP contribution in [0, 0.1) is 0 Å². The summed E-state index contributed by atoms with van der Waals surface area (Å²) >= 11 is 0. The van der Waals surface area contributed by atoms with E-state index in [4.69, 9.17) is 0 Å². The standard InChI is InChI=1S/C16H15F3N2/c17-16(18,19)12-8-9-15(20-10-12)21-14-7-3-5-11-4-1-2-6-13(11)14/h1-2,4,6,8-10,14H,3,5,7H2,(H,20,21)/t14-/m0/s1. The Morgan fingerprint density at radius 2 is 1.90 bits per heavy atom. The van der Waals surface area contributed by atoms with Gasteiger partial charge in [-0.2, -0.15) is 13.2 Å². The van der Waals surface area contributed by atoms with E-state index in [0.717, 1.165) is 31.5 Å². The number of hydrogen-bond acceptors (Lipinski definition) is 2. The van der Waals surface area contributed by atoms with Gasteiger partial charge in [0.15, 0.2) is 0 Å². The number of anilines is 1. The first-order valence-corrected chi connectivity index (χ1v) is 6.91. The highest BCUT2D eigenvalue weighted by Crippen LogP contribution is 2.33. The lowest BCUT2D eigenvalue weighted by Gasteiger charge is -2.26. The second-order valence-corrected chi connectivity index (χ2v) is 5.22. The highest BCUT2D eigenvalue weighted by atomic mass is 19.4. The van der Waals surface area contributed by atoms with Gasteiger partial charge in [0, 0.05) is 6.20 Å². The number of halogens is 3. The minimum absolute atomic E-state index is 0.110. The highest BCUT2D eigenvalue weighted by Gasteiger charge is 2.30. The zero-order valence-electron chi connectivity index (χ0n) is 11.3. The van der Waals surface area contributed by atoms with Gasteiger partial charge in [-0.15, -0.1) is 0 Å². The Balaban J connectivity index is 1.79. The molecule has 1 aliphatic carbocycles. The van der Waals surface area contributed by atoms with E-state index in [9.17, 15) is 13.2 Å². The van der Waals surface area contributed by atoms with E-state index in [1.165, 1.54) is 17.2 Å². The number of nitrogens with zero attached hydrogens (tertiary/aromatic N) is 1. The molecule has 3 rings (SSSR count). The SMILES string of the molecule is FC(F)(F)c1ccc(N[C@H]2CCCc3ccccc32)nc1. The van der Waals surface area contributed by atoms with Gasteiger partial charge in [0.25, 0.3) is 0 Å². The molecule has 0 bridgehead atoms. The van der Waals surface area contributed by atoms with Crippen molar-refractivity contribution in [1.29, 1.82) is 0 Å². The van der Waals surface area contributed by atoms with Crippen LogP contribution >= 0.6 is 0 Å². The van der Waals surface area contributed by atoms with E-state index in [1.807, 2.05) is 12.1 Å². The molecule has 0 saturated heterocycles. The molecule has 0 radical (unpaired) electrons. The average Bonchev–Trinajstić information content (AvgIpc) is 2.47. The molecule has 1 N–H and O–H groups in total. The van der Waals surface area contributed by atoms with Crippen LogP contribution < -0.4 is 5.32 Å². The quantitative estimate of drug-likeness (QED) is 0.875. The lowest BCUT2D eigenvalue weighted by atomic mass is 9.88. The van der Waals surface area contributed by atoms with Crippen molar-refractivity contribution < 1.29 is 13.2 Å². The molecular weight excluding hydrogens is 277 g/mol. The first kappa shape index (κ1) is 13.9. The number of aryl methyl sites for hydroxylation is 1. The Labute approximate surface area is 121 Å². The minimum atomic E-state index is -4.34. The lowest BCUT2D eigenvalue weighted by Crippen LogP contribution is -2.18. The monoisotopic (exact) mass is 292 g/mol. The van der Waals surface area contributed by atoms with E-state index in [-0.39, 0.29) is 6.04 Å². The van der Waals surface area contributed by atoms with Crippen molar-refractivity contribution in [2.75, 3.05) is 5.32 Å². The molecule has 0 saturated carbocycles. The number of aromatic nitrogens is 1. The molecule has 0 fully saturated rings. The van der Waals surface area contributed by atoms with Crippen LogP contribution in [-0.2, 0) is 12.6 Å². The van der Waals surface area contributed by atoms with Crippen LogP contribution in [0.5, 0.6) is 0 Å². The fourth-order valence-corrected chi connectivity index (χ4v) is 2.73. The Kier molecular flexibility index (Phi) is 3.57. The van der Waals surface area contributed by atoms with Gasteiger partial charge in [-0.3, -0.25) is 0 Å². The van der Waals surface area contributed by atoms with Gasteiger partial charge in [-0.1, -0.05) is 24.3 Å². The number of rotatable bonds is 2. The maximum absolute atomic E-state index is 12.5. The molecule has 1 atom stereocenters. The van der Waals surface area contributed by atoms with Crippen LogP contribution in [0.25, 0.3) is 0 Å². The summed E-state index contributed by atoms with van der Waals surface area (Å²) in [5.41, 5.74) is 1.79. The van der Waals surface area contributed by atoms with E-state index in [2.05, 4.69) is 22.4 Å². The van der Waals surface area contributed by atoms with Gasteiger partial charge in [0.1, 0.15) is 5.82 Å². The molecule has 21 heavy (non-hydrogen) atoms. The Morgan fingerprint density at radius 3 is 2.62 bits per heavy atom. The molecule has 2 aromatic rings. The summed E-state index contributed by atoms with van der Waals surface area (Å²) in [5.74, 6) is 0.477. The van der Waals surface area contributed by atoms with Gasteiger partial charge >= 0.3 is 6.18 Å². The van der Waals surface area contributed by atoms with Crippen molar-refractivity contribution in [3.05, 3.63) is 59.3 Å². The van der Waals surface area contributed by atoms with E-state index >= 15 is 0 Å². The van der Waals surface area contributed by atoms with Gasteiger partial charge in [0.05, 0.1) is 11.6 Å². The molecule has 1 aromatic carbocycles. The average molecular weight is 292 g/mol. The number of fused-ring (bicyclic) bond motifs is 1. The predicted molar refractivity (Wildman–Crippen MR) is 75.0 cm³/mol. The van der Waals surface area contributed by atoms with Gasteiger partial charge in [0.2, 0.25) is 0 Å². The molecule has 0 unspecified atom stereocenters. The largest absolute Gasteiger partial charge is 0.417 e. The molecule has 0 amide bonds. The van der Waals surface area contributed by atoms with Crippen molar-refractivity contribution in [2.24, 2.45) is 0 Å². The Morgan fingerprint density at radius 1 is 1.10 bits per heavy atom. The van der Waals surface area contributed by atoms with Gasteiger partial charge in [-0.25, -0.2) is 4.98 Å². The van der Waals surface area contributed by atoms with E-state index in [1.54, 1.807) is 0 Å². The highest BCUT2D eigenvalue weighted by molar-refractivity contribution is 5.42. The molecule has 1 aromatic heterocycles. The topological polar surface area (TPSA) is 24.9 Å². The maximum atomic E-state index is 12.5. The van der Waals surface area contributed by atoms with Crippen LogP contribution in [0.3, 0.4) is 0 Å². The number of nitrogens with one attached hydrogen (secondary N) is 1. The third-order valence-corrected chi connectivity index (χ3v) is 3.78. The minimum Gasteiger partial charge on any atom is -0.363 e. The summed E-state index contributed by atoms with van der Waals surface area (Å²) in [6, 6.07) is 10.7. The summed E-state index contributed by atoms with van der Waals surface area (Å²) in [5, 5.41) is 3.24. The van der Waals surface area contributed by atoms with Gasteiger partial charge < -0.3 is 5.32 Å². The molecule has 0 aliphatic heterocycles. The molecular formula is C16H15F3N2.